The van der Waals surface area contributed by atoms with Gasteiger partial charge >= 0.3 is 5.69 Å². The van der Waals surface area contributed by atoms with Gasteiger partial charge < -0.3 is 4.98 Å². The van der Waals surface area contributed by atoms with Gasteiger partial charge in [0.05, 0.1) is 0 Å². The number of rotatable bonds is 4. The Bertz CT molecular complexity index is 889. The molecule has 0 saturated heterocycles. The third kappa shape index (κ3) is 3.73. The van der Waals surface area contributed by atoms with E-state index in [1.807, 2.05) is 4.98 Å². The van der Waals surface area contributed by atoms with Crippen molar-refractivity contribution in [1.82, 2.24) is 14.7 Å². The summed E-state index contributed by atoms with van der Waals surface area (Å²) in [4.78, 5) is 25.7. The van der Waals surface area contributed by atoms with Crippen LogP contribution in [0.4, 0.5) is 0 Å². The lowest BCUT2D eigenvalue weighted by Crippen LogP contribution is -2.32. The molecule has 0 aliphatic rings. The second kappa shape index (κ2) is 6.02. The third-order valence-corrected chi connectivity index (χ3v) is 4.54. The molecule has 0 bridgehead atoms. The van der Waals surface area contributed by atoms with Crippen LogP contribution in [0.1, 0.15) is 5.56 Å². The van der Waals surface area contributed by atoms with Gasteiger partial charge in [0.1, 0.15) is 0 Å². The molecule has 0 amide bonds. The molecule has 3 N–H and O–H groups in total. The Hall–Kier alpha value is -1.61. The van der Waals surface area contributed by atoms with E-state index in [-0.39, 0.29) is 6.54 Å². The summed E-state index contributed by atoms with van der Waals surface area (Å²) in [5, 5.41) is 0.712. The summed E-state index contributed by atoms with van der Waals surface area (Å²) >= 11 is 11.7. The van der Waals surface area contributed by atoms with Crippen molar-refractivity contribution in [3.63, 3.8) is 0 Å². The first-order valence-corrected chi connectivity index (χ1v) is 7.79. The molecule has 0 fully saturated rings. The minimum atomic E-state index is -4.09. The van der Waals surface area contributed by atoms with Gasteiger partial charge in [-0.1, -0.05) is 29.3 Å². The molecule has 0 spiro atoms. The number of nitrogens with one attached hydrogen (secondary N) is 3. The fourth-order valence-corrected chi connectivity index (χ4v) is 3.00. The van der Waals surface area contributed by atoms with Gasteiger partial charge in [0.2, 0.25) is 10.0 Å². The molecule has 1 aromatic heterocycles. The van der Waals surface area contributed by atoms with E-state index in [4.69, 9.17) is 23.2 Å². The van der Waals surface area contributed by atoms with Crippen LogP contribution >= 0.6 is 23.2 Å². The van der Waals surface area contributed by atoms with Crippen LogP contribution in [0.15, 0.2) is 38.9 Å². The van der Waals surface area contributed by atoms with Crippen molar-refractivity contribution in [3.05, 3.63) is 60.8 Å². The molecule has 0 unspecified atom stereocenters. The summed E-state index contributed by atoms with van der Waals surface area (Å²) in [6.45, 7) is -0.128. The lowest BCUT2D eigenvalue weighted by Gasteiger charge is -2.07. The Balaban J connectivity index is 2.26. The van der Waals surface area contributed by atoms with Crippen LogP contribution in [0.5, 0.6) is 0 Å². The lowest BCUT2D eigenvalue weighted by atomic mass is 10.2. The Morgan fingerprint density at radius 2 is 1.90 bits per heavy atom. The maximum Gasteiger partial charge on any atom is 0.325 e. The van der Waals surface area contributed by atoms with E-state index in [0.717, 1.165) is 6.20 Å². The Morgan fingerprint density at radius 3 is 2.52 bits per heavy atom. The molecule has 0 saturated carbocycles. The predicted molar refractivity (Wildman–Crippen MR) is 78.2 cm³/mol. The second-order valence-corrected chi connectivity index (χ2v) is 6.58. The maximum absolute atomic E-state index is 12.0. The fraction of sp³-hybridized carbons (Fsp3) is 0.0909. The molecule has 0 radical (unpaired) electrons. The summed E-state index contributed by atoms with van der Waals surface area (Å²) in [6, 6.07) is 4.59. The van der Waals surface area contributed by atoms with Gasteiger partial charge in [0.25, 0.3) is 5.56 Å². The van der Waals surface area contributed by atoms with Crippen LogP contribution in [-0.4, -0.2) is 18.4 Å². The van der Waals surface area contributed by atoms with E-state index >= 15 is 0 Å². The van der Waals surface area contributed by atoms with E-state index < -0.39 is 26.2 Å². The van der Waals surface area contributed by atoms with Gasteiger partial charge in [-0.15, -0.1) is 0 Å². The molecule has 112 valence electrons. The Kier molecular flexibility index (Phi) is 4.52. The molecule has 1 heterocycles. The second-order valence-electron chi connectivity index (χ2n) is 4.00. The summed E-state index contributed by atoms with van der Waals surface area (Å²) in [5.74, 6) is 0. The standard InChI is InChI=1S/C11H9Cl2N3O4S/c12-7-2-1-6(8(13)3-7)4-15-21(19,20)9-5-14-11(18)16-10(9)17/h1-3,5,15H,4H2,(H2,14,16,17,18). The van der Waals surface area contributed by atoms with E-state index in [1.165, 1.54) is 6.07 Å². The first-order valence-electron chi connectivity index (χ1n) is 5.55. The summed E-state index contributed by atoms with van der Waals surface area (Å²) in [6.07, 6.45) is 0.826. The number of halogens is 2. The van der Waals surface area contributed by atoms with Gasteiger partial charge in [-0.05, 0) is 17.7 Å². The van der Waals surface area contributed by atoms with Crippen LogP contribution in [0.25, 0.3) is 0 Å². The fourth-order valence-electron chi connectivity index (χ4n) is 1.51. The summed E-state index contributed by atoms with van der Waals surface area (Å²) < 4.78 is 26.2. The molecule has 21 heavy (non-hydrogen) atoms. The van der Waals surface area contributed by atoms with Crippen LogP contribution in [-0.2, 0) is 16.6 Å². The minimum Gasteiger partial charge on any atom is -0.313 e. The molecular weight excluding hydrogens is 341 g/mol. The van der Waals surface area contributed by atoms with Crippen molar-refractivity contribution >= 4 is 33.2 Å². The minimum absolute atomic E-state index is 0.128. The highest BCUT2D eigenvalue weighted by Crippen LogP contribution is 2.21. The molecule has 1 aromatic carbocycles. The average Bonchev–Trinajstić information content (AvgIpc) is 2.37. The van der Waals surface area contributed by atoms with Gasteiger partial charge in [-0.2, -0.15) is 0 Å². The van der Waals surface area contributed by atoms with Crippen LogP contribution in [0, 0.1) is 0 Å². The number of H-pyrrole nitrogens is 2. The first kappa shape index (κ1) is 15.8. The van der Waals surface area contributed by atoms with Gasteiger partial charge in [-0.25, -0.2) is 17.9 Å². The number of aromatic nitrogens is 2. The molecule has 0 atom stereocenters. The maximum atomic E-state index is 12.0. The first-order chi connectivity index (χ1) is 9.79. The lowest BCUT2D eigenvalue weighted by molar-refractivity contribution is 0.579. The van der Waals surface area contributed by atoms with E-state index in [9.17, 15) is 18.0 Å². The summed E-state index contributed by atoms with van der Waals surface area (Å²) in [7, 11) is -4.09. The molecule has 2 aromatic rings. The average molecular weight is 350 g/mol. The van der Waals surface area contributed by atoms with Gasteiger partial charge in [0, 0.05) is 22.8 Å². The monoisotopic (exact) mass is 349 g/mol. The van der Waals surface area contributed by atoms with Crippen molar-refractivity contribution in [2.24, 2.45) is 0 Å². The van der Waals surface area contributed by atoms with Crippen molar-refractivity contribution in [1.29, 1.82) is 0 Å². The topological polar surface area (TPSA) is 112 Å². The van der Waals surface area contributed by atoms with Crippen LogP contribution in [0.3, 0.4) is 0 Å². The number of hydrogen-bond donors (Lipinski definition) is 3. The van der Waals surface area contributed by atoms with Gasteiger partial charge in [-0.3, -0.25) is 9.78 Å². The quantitative estimate of drug-likeness (QED) is 0.759. The molecule has 0 aliphatic heterocycles. The van der Waals surface area contributed by atoms with Crippen LogP contribution < -0.4 is 16.0 Å². The van der Waals surface area contributed by atoms with E-state index in [1.54, 1.807) is 12.1 Å². The van der Waals surface area contributed by atoms with Crippen molar-refractivity contribution in [2.45, 2.75) is 11.4 Å². The highest BCUT2D eigenvalue weighted by molar-refractivity contribution is 7.89. The Labute approximate surface area is 129 Å². The Morgan fingerprint density at radius 1 is 1.19 bits per heavy atom. The van der Waals surface area contributed by atoms with Crippen LogP contribution in [0.2, 0.25) is 10.0 Å². The van der Waals surface area contributed by atoms with Crippen molar-refractivity contribution in [2.75, 3.05) is 0 Å². The predicted octanol–water partition coefficient (Wildman–Crippen LogP) is 0.849. The normalized spacial score (nSPS) is 11.5. The van der Waals surface area contributed by atoms with Crippen molar-refractivity contribution < 1.29 is 8.42 Å². The van der Waals surface area contributed by atoms with Gasteiger partial charge in [0.15, 0.2) is 4.90 Å². The largest absolute Gasteiger partial charge is 0.325 e. The zero-order valence-electron chi connectivity index (χ0n) is 10.3. The number of sulfonamides is 1. The number of hydrogen-bond acceptors (Lipinski definition) is 4. The molecule has 0 aliphatic carbocycles. The number of benzene rings is 1. The zero-order valence-corrected chi connectivity index (χ0v) is 12.6. The molecule has 7 nitrogen and oxygen atoms in total. The third-order valence-electron chi connectivity index (χ3n) is 2.54. The molecular formula is C11H9Cl2N3O4S. The molecule has 2 rings (SSSR count). The highest BCUT2D eigenvalue weighted by atomic mass is 35.5. The smallest absolute Gasteiger partial charge is 0.313 e. The van der Waals surface area contributed by atoms with Crippen molar-refractivity contribution in [3.8, 4) is 0 Å². The SMILES string of the molecule is O=c1[nH]cc(S(=O)(=O)NCc2ccc(Cl)cc2Cl)c(=O)[nH]1. The van der Waals surface area contributed by atoms with E-state index in [0.29, 0.717) is 15.6 Å². The summed E-state index contributed by atoms with van der Waals surface area (Å²) in [5.41, 5.74) is -1.31. The number of aromatic amines is 2. The molecule has 10 heteroatoms. The van der Waals surface area contributed by atoms with E-state index in [2.05, 4.69) is 9.71 Å². The highest BCUT2D eigenvalue weighted by Gasteiger charge is 2.18. The zero-order chi connectivity index (χ0) is 15.6.